The van der Waals surface area contributed by atoms with Gasteiger partial charge in [0.25, 0.3) is 0 Å². The molecule has 1 aliphatic rings. The normalized spacial score (nSPS) is 13.0. The lowest BCUT2D eigenvalue weighted by Crippen LogP contribution is -2.23. The number of aliphatic carboxylic acids is 2. The van der Waals surface area contributed by atoms with Crippen molar-refractivity contribution in [3.05, 3.63) is 53.9 Å². The highest BCUT2D eigenvalue weighted by Crippen LogP contribution is 2.30. The van der Waals surface area contributed by atoms with Gasteiger partial charge in [-0.1, -0.05) is 6.07 Å². The zero-order chi connectivity index (χ0) is 25.5. The van der Waals surface area contributed by atoms with Crippen LogP contribution in [-0.2, 0) is 22.6 Å². The molecule has 0 amide bonds. The van der Waals surface area contributed by atoms with Gasteiger partial charge in [-0.15, -0.1) is 0 Å². The van der Waals surface area contributed by atoms with Gasteiger partial charge in [-0.2, -0.15) is 26.3 Å². The standard InChI is InChI=1S/C16H15N3O.2C2HF3O2/c1-2-13(9-12-10-17-6-3-11(1)12)20-15-5-8-19-16-14(15)4-7-18-16;2*3-2(4,5)1(6)7/h1-2,4-5,7-9,17H,3,6,10H2,(H,18,19);2*(H,6,7). The van der Waals surface area contributed by atoms with E-state index in [4.69, 9.17) is 24.5 Å². The van der Waals surface area contributed by atoms with Gasteiger partial charge >= 0.3 is 24.3 Å². The lowest BCUT2D eigenvalue weighted by molar-refractivity contribution is -0.193. The zero-order valence-corrected chi connectivity index (χ0v) is 17.0. The zero-order valence-electron chi connectivity index (χ0n) is 17.0. The fourth-order valence-corrected chi connectivity index (χ4v) is 2.67. The molecule has 0 saturated carbocycles. The number of pyridine rings is 1. The number of nitrogens with one attached hydrogen (secondary N) is 2. The summed E-state index contributed by atoms with van der Waals surface area (Å²) in [7, 11) is 0. The SMILES string of the molecule is O=C(O)C(F)(F)F.O=C(O)C(F)(F)F.c1cc(Oc2ccc3c(c2)CNCC3)c2cc[nH]c2n1. The van der Waals surface area contributed by atoms with E-state index in [-0.39, 0.29) is 0 Å². The third-order valence-electron chi connectivity index (χ3n) is 4.20. The Hall–Kier alpha value is -3.81. The summed E-state index contributed by atoms with van der Waals surface area (Å²) < 4.78 is 69.5. The van der Waals surface area contributed by atoms with Crippen molar-refractivity contribution in [2.75, 3.05) is 6.54 Å². The van der Waals surface area contributed by atoms with Gasteiger partial charge in [-0.25, -0.2) is 14.6 Å². The molecule has 14 heteroatoms. The number of fused-ring (bicyclic) bond motifs is 2. The van der Waals surface area contributed by atoms with Crippen LogP contribution in [0.25, 0.3) is 11.0 Å². The highest BCUT2D eigenvalue weighted by Gasteiger charge is 2.38. The van der Waals surface area contributed by atoms with Crippen molar-refractivity contribution in [1.82, 2.24) is 15.3 Å². The smallest absolute Gasteiger partial charge is 0.475 e. The Morgan fingerprint density at radius 1 is 0.941 bits per heavy atom. The molecular formula is C20H17F6N3O5. The number of ether oxygens (including phenoxy) is 1. The first kappa shape index (κ1) is 26.4. The van der Waals surface area contributed by atoms with Crippen molar-refractivity contribution < 1.29 is 50.9 Å². The average molecular weight is 493 g/mol. The molecule has 1 aromatic carbocycles. The van der Waals surface area contributed by atoms with E-state index in [9.17, 15) is 26.3 Å². The Morgan fingerprint density at radius 3 is 2.15 bits per heavy atom. The molecule has 0 spiro atoms. The molecule has 4 rings (SSSR count). The lowest BCUT2D eigenvalue weighted by atomic mass is 10.0. The molecule has 0 aliphatic carbocycles. The van der Waals surface area contributed by atoms with Crippen molar-refractivity contribution in [2.45, 2.75) is 25.3 Å². The topological polar surface area (TPSA) is 125 Å². The number of H-pyrrole nitrogens is 1. The summed E-state index contributed by atoms with van der Waals surface area (Å²) >= 11 is 0. The van der Waals surface area contributed by atoms with E-state index in [0.29, 0.717) is 0 Å². The number of aromatic nitrogens is 2. The highest BCUT2D eigenvalue weighted by atomic mass is 19.4. The quantitative estimate of drug-likeness (QED) is 0.393. The maximum atomic E-state index is 10.6. The maximum Gasteiger partial charge on any atom is 0.490 e. The predicted octanol–water partition coefficient (Wildman–Crippen LogP) is 4.27. The molecule has 3 aromatic rings. The van der Waals surface area contributed by atoms with Gasteiger partial charge < -0.3 is 25.3 Å². The average Bonchev–Trinajstić information content (AvgIpc) is 3.23. The van der Waals surface area contributed by atoms with E-state index in [2.05, 4.69) is 27.4 Å². The number of rotatable bonds is 2. The fourth-order valence-electron chi connectivity index (χ4n) is 2.67. The first-order valence-electron chi connectivity index (χ1n) is 9.31. The van der Waals surface area contributed by atoms with Crippen molar-refractivity contribution in [3.8, 4) is 11.5 Å². The Morgan fingerprint density at radius 2 is 1.56 bits per heavy atom. The van der Waals surface area contributed by atoms with Crippen molar-refractivity contribution in [2.24, 2.45) is 0 Å². The van der Waals surface area contributed by atoms with Crippen LogP contribution in [0.2, 0.25) is 0 Å². The second-order valence-corrected chi connectivity index (χ2v) is 6.61. The maximum absolute atomic E-state index is 10.6. The van der Waals surface area contributed by atoms with Crippen molar-refractivity contribution in [3.63, 3.8) is 0 Å². The first-order valence-corrected chi connectivity index (χ1v) is 9.31. The van der Waals surface area contributed by atoms with Crippen LogP contribution in [0.3, 0.4) is 0 Å². The number of carboxylic acid groups (broad SMARTS) is 2. The summed E-state index contributed by atoms with van der Waals surface area (Å²) in [5.74, 6) is -3.80. The van der Waals surface area contributed by atoms with E-state index < -0.39 is 24.3 Å². The molecular weight excluding hydrogens is 476 g/mol. The van der Waals surface area contributed by atoms with E-state index >= 15 is 0 Å². The van der Waals surface area contributed by atoms with E-state index in [0.717, 1.165) is 42.0 Å². The second kappa shape index (κ2) is 10.9. The number of nitrogens with zero attached hydrogens (tertiary/aromatic N) is 1. The second-order valence-electron chi connectivity index (χ2n) is 6.61. The number of halogens is 6. The van der Waals surface area contributed by atoms with E-state index in [1.54, 1.807) is 6.20 Å². The third-order valence-corrected chi connectivity index (χ3v) is 4.20. The van der Waals surface area contributed by atoms with Gasteiger partial charge in [0.2, 0.25) is 0 Å². The Labute approximate surface area is 187 Å². The Bertz CT molecular complexity index is 1120. The minimum absolute atomic E-state index is 0.833. The Balaban J connectivity index is 0.000000244. The van der Waals surface area contributed by atoms with Gasteiger partial charge in [-0.3, -0.25) is 0 Å². The molecule has 0 saturated heterocycles. The van der Waals surface area contributed by atoms with Gasteiger partial charge in [0.1, 0.15) is 17.1 Å². The van der Waals surface area contributed by atoms with Crippen LogP contribution in [0.4, 0.5) is 26.3 Å². The van der Waals surface area contributed by atoms with Crippen LogP contribution < -0.4 is 10.1 Å². The van der Waals surface area contributed by atoms with E-state index in [1.165, 1.54) is 11.1 Å². The van der Waals surface area contributed by atoms with Gasteiger partial charge in [-0.05, 0) is 48.4 Å². The Kier molecular flexibility index (Phi) is 8.46. The van der Waals surface area contributed by atoms with Gasteiger partial charge in [0, 0.05) is 18.9 Å². The number of carboxylic acids is 2. The minimum atomic E-state index is -5.08. The minimum Gasteiger partial charge on any atom is -0.475 e. The molecule has 184 valence electrons. The molecule has 34 heavy (non-hydrogen) atoms. The van der Waals surface area contributed by atoms with Crippen LogP contribution in [0, 0.1) is 0 Å². The molecule has 0 fully saturated rings. The summed E-state index contributed by atoms with van der Waals surface area (Å²) in [6, 6.07) is 10.2. The summed E-state index contributed by atoms with van der Waals surface area (Å²) in [4.78, 5) is 25.2. The highest BCUT2D eigenvalue weighted by molar-refractivity contribution is 5.82. The van der Waals surface area contributed by atoms with Crippen LogP contribution in [-0.4, -0.2) is 51.0 Å². The van der Waals surface area contributed by atoms with Crippen LogP contribution in [0.1, 0.15) is 11.1 Å². The number of benzene rings is 1. The summed E-state index contributed by atoms with van der Waals surface area (Å²) in [6.07, 6.45) is -5.44. The predicted molar refractivity (Wildman–Crippen MR) is 105 cm³/mol. The van der Waals surface area contributed by atoms with Crippen LogP contribution >= 0.6 is 0 Å². The van der Waals surface area contributed by atoms with Crippen molar-refractivity contribution >= 4 is 23.0 Å². The van der Waals surface area contributed by atoms with E-state index in [1.807, 2.05) is 24.4 Å². The molecule has 0 bridgehead atoms. The van der Waals surface area contributed by atoms with Crippen molar-refractivity contribution in [1.29, 1.82) is 0 Å². The molecule has 0 radical (unpaired) electrons. The largest absolute Gasteiger partial charge is 0.490 e. The number of hydrogen-bond acceptors (Lipinski definition) is 5. The fraction of sp³-hybridized carbons (Fsp3) is 0.250. The molecule has 1 aliphatic heterocycles. The molecule has 4 N–H and O–H groups in total. The number of hydrogen-bond donors (Lipinski definition) is 4. The number of aromatic amines is 1. The molecule has 8 nitrogen and oxygen atoms in total. The lowest BCUT2D eigenvalue weighted by Gasteiger charge is -2.18. The van der Waals surface area contributed by atoms with Crippen LogP contribution in [0.15, 0.2) is 42.7 Å². The summed E-state index contributed by atoms with van der Waals surface area (Å²) in [5.41, 5.74) is 3.59. The first-order chi connectivity index (χ1) is 15.8. The summed E-state index contributed by atoms with van der Waals surface area (Å²) in [6.45, 7) is 1.98. The van der Waals surface area contributed by atoms with Gasteiger partial charge in [0.15, 0.2) is 0 Å². The molecule has 3 heterocycles. The molecule has 0 unspecified atom stereocenters. The number of carbonyl (C=O) groups is 2. The summed E-state index contributed by atoms with van der Waals surface area (Å²) in [5, 5.41) is 18.6. The van der Waals surface area contributed by atoms with Gasteiger partial charge in [0.05, 0.1) is 5.39 Å². The monoisotopic (exact) mass is 493 g/mol. The molecule has 2 aromatic heterocycles. The molecule has 0 atom stereocenters. The van der Waals surface area contributed by atoms with Crippen LogP contribution in [0.5, 0.6) is 11.5 Å². The number of alkyl halides is 6. The third kappa shape index (κ3) is 7.65.